The van der Waals surface area contributed by atoms with Crippen molar-refractivity contribution in [3.05, 3.63) is 106 Å². The number of rotatable bonds is 12. The largest absolute Gasteiger partial charge is 0.394 e. The molecular weight excluding hydrogens is 502 g/mol. The number of hydrogen-bond acceptors (Lipinski definition) is 4. The third-order valence-electron chi connectivity index (χ3n) is 6.66. The van der Waals surface area contributed by atoms with Crippen LogP contribution in [-0.2, 0) is 9.47 Å². The number of likely N-dealkylation sites (tertiary alicyclic amines) is 1. The first-order valence-electron chi connectivity index (χ1n) is 12.7. The average molecular weight is 539 g/mol. The zero-order valence-corrected chi connectivity index (χ0v) is 21.9. The molecule has 0 aromatic heterocycles. The van der Waals surface area contributed by atoms with Gasteiger partial charge in [0.1, 0.15) is 6.10 Å². The van der Waals surface area contributed by atoms with Gasteiger partial charge in [-0.1, -0.05) is 88.7 Å². The molecule has 0 amide bonds. The predicted molar refractivity (Wildman–Crippen MR) is 144 cm³/mol. The number of aliphatic hydroxyl groups excluding tert-OH is 1. The van der Waals surface area contributed by atoms with Crippen molar-refractivity contribution in [3.63, 3.8) is 0 Å². The molecule has 186 valence electrons. The van der Waals surface area contributed by atoms with Crippen molar-refractivity contribution in [3.8, 4) is 0 Å². The summed E-state index contributed by atoms with van der Waals surface area (Å²) in [6, 6.07) is 29.4. The number of hydrogen-bond donors (Lipinski definition) is 1. The number of benzene rings is 3. The Morgan fingerprint density at radius 2 is 1.43 bits per heavy atom. The zero-order chi connectivity index (χ0) is 24.3. The summed E-state index contributed by atoms with van der Waals surface area (Å²) in [5, 5.41) is 9.22. The van der Waals surface area contributed by atoms with E-state index in [1.165, 1.54) is 16.7 Å². The van der Waals surface area contributed by atoms with Crippen LogP contribution in [0.4, 0.5) is 0 Å². The molecule has 1 N–H and O–H groups in total. The molecule has 1 fully saturated rings. The summed E-state index contributed by atoms with van der Waals surface area (Å²) in [6.45, 7) is 3.59. The van der Waals surface area contributed by atoms with Crippen LogP contribution in [0.25, 0.3) is 0 Å². The normalized spacial score (nSPS) is 16.0. The minimum absolute atomic E-state index is 0.0219. The van der Waals surface area contributed by atoms with E-state index >= 15 is 0 Å². The Balaban J connectivity index is 1.26. The lowest BCUT2D eigenvalue weighted by molar-refractivity contribution is -0.0281. The van der Waals surface area contributed by atoms with E-state index < -0.39 is 0 Å². The van der Waals surface area contributed by atoms with Crippen LogP contribution >= 0.6 is 15.9 Å². The number of nitrogens with zero attached hydrogens (tertiary/aromatic N) is 1. The van der Waals surface area contributed by atoms with E-state index in [2.05, 4.69) is 93.6 Å². The van der Waals surface area contributed by atoms with E-state index in [9.17, 15) is 5.11 Å². The first-order valence-corrected chi connectivity index (χ1v) is 13.5. The van der Waals surface area contributed by atoms with E-state index in [1.54, 1.807) is 0 Å². The van der Waals surface area contributed by atoms with E-state index in [4.69, 9.17) is 9.47 Å². The van der Waals surface area contributed by atoms with Gasteiger partial charge >= 0.3 is 0 Å². The first-order chi connectivity index (χ1) is 17.2. The monoisotopic (exact) mass is 537 g/mol. The van der Waals surface area contributed by atoms with Crippen molar-refractivity contribution in [1.29, 1.82) is 0 Å². The third-order valence-corrected chi connectivity index (χ3v) is 7.19. The van der Waals surface area contributed by atoms with Gasteiger partial charge in [-0.3, -0.25) is 0 Å². The lowest BCUT2D eigenvalue weighted by Gasteiger charge is -2.34. The molecule has 1 unspecified atom stereocenters. The fourth-order valence-corrected chi connectivity index (χ4v) is 5.05. The highest BCUT2D eigenvalue weighted by atomic mass is 79.9. The van der Waals surface area contributed by atoms with E-state index in [1.807, 2.05) is 12.1 Å². The molecule has 1 aliphatic heterocycles. The van der Waals surface area contributed by atoms with Gasteiger partial charge in [0, 0.05) is 17.6 Å². The highest BCUT2D eigenvalue weighted by Gasteiger charge is 2.25. The summed E-state index contributed by atoms with van der Waals surface area (Å²) in [4.78, 5) is 2.55. The maximum atomic E-state index is 9.22. The number of halogens is 1. The van der Waals surface area contributed by atoms with Gasteiger partial charge in [0.2, 0.25) is 0 Å². The van der Waals surface area contributed by atoms with Gasteiger partial charge < -0.3 is 19.5 Å². The molecule has 0 aliphatic carbocycles. The van der Waals surface area contributed by atoms with Gasteiger partial charge in [-0.05, 0) is 61.1 Å². The Morgan fingerprint density at radius 1 is 0.829 bits per heavy atom. The second-order valence-corrected chi connectivity index (χ2v) is 10.1. The van der Waals surface area contributed by atoms with Crippen molar-refractivity contribution in [2.45, 2.75) is 44.0 Å². The number of piperidine rings is 1. The van der Waals surface area contributed by atoms with Crippen molar-refractivity contribution >= 4 is 15.9 Å². The molecule has 1 atom stereocenters. The van der Waals surface area contributed by atoms with Gasteiger partial charge in [-0.15, -0.1) is 0 Å². The van der Waals surface area contributed by atoms with E-state index in [0.717, 1.165) is 49.8 Å². The maximum Gasteiger partial charge on any atom is 0.108 e. The van der Waals surface area contributed by atoms with Crippen LogP contribution in [0.15, 0.2) is 89.4 Å². The highest BCUT2D eigenvalue weighted by Crippen LogP contribution is 2.30. The van der Waals surface area contributed by atoms with Crippen LogP contribution in [0.3, 0.4) is 0 Å². The summed E-state index contributed by atoms with van der Waals surface area (Å²) in [5.41, 5.74) is 3.59. The van der Waals surface area contributed by atoms with Gasteiger partial charge in [0.05, 0.1) is 25.4 Å². The predicted octanol–water partition coefficient (Wildman–Crippen LogP) is 6.55. The Kier molecular flexibility index (Phi) is 10.4. The molecule has 0 spiro atoms. The molecule has 4 rings (SSSR count). The van der Waals surface area contributed by atoms with Gasteiger partial charge in [0.15, 0.2) is 0 Å². The Hall–Kier alpha value is -2.02. The molecule has 3 aromatic carbocycles. The average Bonchev–Trinajstić information content (AvgIpc) is 2.91. The molecule has 1 heterocycles. The van der Waals surface area contributed by atoms with Crippen molar-refractivity contribution in [1.82, 2.24) is 4.90 Å². The minimum atomic E-state index is -0.0238. The minimum Gasteiger partial charge on any atom is -0.394 e. The van der Waals surface area contributed by atoms with Crippen LogP contribution in [0, 0.1) is 0 Å². The van der Waals surface area contributed by atoms with Crippen LogP contribution in [0.1, 0.15) is 54.6 Å². The summed E-state index contributed by atoms with van der Waals surface area (Å²) in [7, 11) is 0. The third kappa shape index (κ3) is 7.99. The van der Waals surface area contributed by atoms with Crippen LogP contribution in [0.2, 0.25) is 0 Å². The summed E-state index contributed by atoms with van der Waals surface area (Å²) in [5.74, 6) is 0. The lowest BCUT2D eigenvalue weighted by atomic mass is 10.00. The summed E-state index contributed by atoms with van der Waals surface area (Å²) in [6.07, 6.45) is 4.37. The molecule has 35 heavy (non-hydrogen) atoms. The van der Waals surface area contributed by atoms with Crippen molar-refractivity contribution < 1.29 is 14.6 Å². The maximum absolute atomic E-state index is 9.22. The Bertz CT molecular complexity index is 936. The van der Waals surface area contributed by atoms with Gasteiger partial charge in [0.25, 0.3) is 0 Å². The SMILES string of the molecule is OCCOC(CCCN1CCC(OC(c2ccccc2)c2ccccc2)CC1)c1ccc(Br)cc1. The second kappa shape index (κ2) is 13.9. The summed E-state index contributed by atoms with van der Waals surface area (Å²) >= 11 is 3.50. The number of ether oxygens (including phenoxy) is 2. The fourth-order valence-electron chi connectivity index (χ4n) is 4.79. The molecular formula is C30H36BrNO3. The van der Waals surface area contributed by atoms with Gasteiger partial charge in [-0.25, -0.2) is 0 Å². The molecule has 0 radical (unpaired) electrons. The fraction of sp³-hybridized carbons (Fsp3) is 0.400. The van der Waals surface area contributed by atoms with Crippen LogP contribution in [0.5, 0.6) is 0 Å². The van der Waals surface area contributed by atoms with Gasteiger partial charge in [-0.2, -0.15) is 0 Å². The number of aliphatic hydroxyl groups is 1. The second-order valence-electron chi connectivity index (χ2n) is 9.16. The standard InChI is InChI=1S/C30H36BrNO3/c31-27-15-13-24(14-16-27)29(34-23-22-33)12-7-19-32-20-17-28(18-21-32)35-30(25-8-3-1-4-9-25)26-10-5-2-6-11-26/h1-6,8-11,13-16,28-30,33H,7,12,17-23H2. The van der Waals surface area contributed by atoms with Crippen molar-refractivity contribution in [2.75, 3.05) is 32.8 Å². The molecule has 5 heteroatoms. The van der Waals surface area contributed by atoms with E-state index in [-0.39, 0.29) is 24.9 Å². The Morgan fingerprint density at radius 3 is 2.00 bits per heavy atom. The Labute approximate surface area is 218 Å². The molecule has 3 aromatic rings. The summed E-state index contributed by atoms with van der Waals surface area (Å²) < 4.78 is 13.7. The topological polar surface area (TPSA) is 41.9 Å². The van der Waals surface area contributed by atoms with E-state index in [0.29, 0.717) is 6.61 Å². The molecule has 1 saturated heterocycles. The smallest absolute Gasteiger partial charge is 0.108 e. The quantitative estimate of drug-likeness (QED) is 0.284. The van der Waals surface area contributed by atoms with Crippen LogP contribution < -0.4 is 0 Å². The molecule has 1 aliphatic rings. The first kappa shape index (κ1) is 26.1. The van der Waals surface area contributed by atoms with Crippen LogP contribution in [-0.4, -0.2) is 49.0 Å². The molecule has 4 nitrogen and oxygen atoms in total. The highest BCUT2D eigenvalue weighted by molar-refractivity contribution is 9.10. The molecule has 0 saturated carbocycles. The molecule has 0 bridgehead atoms. The lowest BCUT2D eigenvalue weighted by Crippen LogP contribution is -2.38. The van der Waals surface area contributed by atoms with Crippen molar-refractivity contribution in [2.24, 2.45) is 0 Å². The zero-order valence-electron chi connectivity index (χ0n) is 20.3.